The van der Waals surface area contributed by atoms with Crippen molar-refractivity contribution in [3.05, 3.63) is 54.6 Å². The quantitative estimate of drug-likeness (QED) is 0.702. The predicted octanol–water partition coefficient (Wildman–Crippen LogP) is 3.62. The van der Waals surface area contributed by atoms with Crippen molar-refractivity contribution in [1.82, 2.24) is 0 Å². The number of rotatable bonds is 2. The van der Waals surface area contributed by atoms with E-state index >= 15 is 0 Å². The zero-order valence-corrected chi connectivity index (χ0v) is 7.51. The fraction of sp³-hybridized carbons (Fsp3) is 0. The molecule has 2 rings (SSSR count). The normalized spacial score (nSPS) is 9.71. The number of hydrogen-bond acceptors (Lipinski definition) is 1. The molecule has 0 N–H and O–H groups in total. The number of para-hydroxylation sites is 1. The molecule has 0 heterocycles. The Kier molecular flexibility index (Phi) is 2.36. The molecule has 0 aliphatic rings. The molecule has 0 saturated heterocycles. The third-order valence-electron chi connectivity index (χ3n) is 1.78. The molecule has 2 nitrogen and oxygen atoms in total. The molecule has 2 aromatic carbocycles. The molecule has 2 aromatic rings. The van der Waals surface area contributed by atoms with E-state index in [0.717, 1.165) is 5.75 Å². The zero-order chi connectivity index (χ0) is 9.80. The van der Waals surface area contributed by atoms with Crippen LogP contribution in [0.25, 0.3) is 0 Å². The monoisotopic (exact) mass is 185 g/mol. The first-order valence-corrected chi connectivity index (χ1v) is 4.34. The van der Waals surface area contributed by atoms with E-state index in [1.807, 2.05) is 30.3 Å². The van der Waals surface area contributed by atoms with Crippen LogP contribution in [0.15, 0.2) is 54.6 Å². The van der Waals surface area contributed by atoms with Gasteiger partial charge in [0, 0.05) is 6.07 Å². The van der Waals surface area contributed by atoms with Crippen LogP contribution in [0.4, 0.5) is 0 Å². The lowest BCUT2D eigenvalue weighted by atomic mass is 10.3. The third kappa shape index (κ3) is 2.04. The highest BCUT2D eigenvalue weighted by molar-refractivity contribution is 5.35. The van der Waals surface area contributed by atoms with Crippen LogP contribution in [0.2, 0.25) is 0 Å². The van der Waals surface area contributed by atoms with E-state index in [0.29, 0.717) is 5.75 Å². The number of benzene rings is 2. The highest BCUT2D eigenvalue weighted by Crippen LogP contribution is 2.24. The Bertz CT molecular complexity index is 410. The van der Waals surface area contributed by atoms with Crippen LogP contribution in [0.1, 0.15) is 0 Å². The largest absolute Gasteiger partial charge is 0.457 e. The van der Waals surface area contributed by atoms with Gasteiger partial charge < -0.3 is 4.74 Å². The van der Waals surface area contributed by atoms with Gasteiger partial charge in [0.15, 0.2) is 5.75 Å². The lowest BCUT2D eigenvalue weighted by molar-refractivity contribution is 0.352. The van der Waals surface area contributed by atoms with Gasteiger partial charge in [-0.1, -0.05) is 24.3 Å². The van der Waals surface area contributed by atoms with Gasteiger partial charge in [0.05, 0.1) is 0 Å². The average Bonchev–Trinajstić information content (AvgIpc) is 2.19. The summed E-state index contributed by atoms with van der Waals surface area (Å²) < 4.78 is 5.46. The number of ether oxygens (including phenoxy) is 1. The van der Waals surface area contributed by atoms with E-state index in [4.69, 9.17) is 4.74 Å². The van der Waals surface area contributed by atoms with Crippen molar-refractivity contribution in [2.45, 2.75) is 0 Å². The Balaban J connectivity index is 2.19. The van der Waals surface area contributed by atoms with E-state index in [-0.39, 0.29) is 5.75 Å². The van der Waals surface area contributed by atoms with Gasteiger partial charge in [-0.25, -0.2) is 0 Å². The van der Waals surface area contributed by atoms with Crippen LogP contribution in [-0.2, 0) is 5.11 Å². The molecule has 0 aliphatic heterocycles. The fourth-order valence-electron chi connectivity index (χ4n) is 1.16. The second-order valence-electron chi connectivity index (χ2n) is 2.89. The van der Waals surface area contributed by atoms with Gasteiger partial charge in [0.25, 0.3) is 0 Å². The maximum absolute atomic E-state index is 11.0. The Hall–Kier alpha value is -1.96. The van der Waals surface area contributed by atoms with Crippen molar-refractivity contribution in [2.24, 2.45) is 0 Å². The van der Waals surface area contributed by atoms with Gasteiger partial charge in [-0.2, -0.15) is 0 Å². The minimum absolute atomic E-state index is 0.0431. The third-order valence-corrected chi connectivity index (χ3v) is 1.78. The van der Waals surface area contributed by atoms with E-state index in [2.05, 4.69) is 0 Å². The summed E-state index contributed by atoms with van der Waals surface area (Å²) >= 11 is 0. The van der Waals surface area contributed by atoms with Crippen LogP contribution in [0.3, 0.4) is 0 Å². The molecule has 0 atom stereocenters. The lowest BCUT2D eigenvalue weighted by Gasteiger charge is -2.04. The summed E-state index contributed by atoms with van der Waals surface area (Å²) in [5.41, 5.74) is 0. The van der Waals surface area contributed by atoms with Crippen molar-refractivity contribution in [3.63, 3.8) is 0 Å². The maximum atomic E-state index is 11.0. The fourth-order valence-corrected chi connectivity index (χ4v) is 1.16. The van der Waals surface area contributed by atoms with Gasteiger partial charge in [0.1, 0.15) is 11.5 Å². The van der Waals surface area contributed by atoms with E-state index in [1.165, 1.54) is 12.1 Å². The van der Waals surface area contributed by atoms with Gasteiger partial charge in [0.2, 0.25) is 0 Å². The van der Waals surface area contributed by atoms with E-state index < -0.39 is 0 Å². The smallest absolute Gasteiger partial charge is 0.182 e. The first-order valence-electron chi connectivity index (χ1n) is 4.34. The topological polar surface area (TPSA) is 29.1 Å². The summed E-state index contributed by atoms with van der Waals surface area (Å²) in [4.78, 5) is 0. The van der Waals surface area contributed by atoms with Gasteiger partial charge in [-0.3, -0.25) is 5.11 Å². The molecular formula is C12H9O2. The first-order chi connectivity index (χ1) is 6.84. The first kappa shape index (κ1) is 8.63. The minimum atomic E-state index is -0.0431. The molecule has 1 radical (unpaired) electrons. The van der Waals surface area contributed by atoms with Crippen molar-refractivity contribution in [3.8, 4) is 17.2 Å². The summed E-state index contributed by atoms with van der Waals surface area (Å²) in [7, 11) is 0. The molecule has 0 bridgehead atoms. The van der Waals surface area contributed by atoms with Crippen LogP contribution in [0, 0.1) is 0 Å². The zero-order valence-electron chi connectivity index (χ0n) is 7.51. The van der Waals surface area contributed by atoms with Crippen molar-refractivity contribution in [1.29, 1.82) is 0 Å². The van der Waals surface area contributed by atoms with Crippen LogP contribution in [-0.4, -0.2) is 0 Å². The van der Waals surface area contributed by atoms with Crippen LogP contribution < -0.4 is 4.74 Å². The van der Waals surface area contributed by atoms with Gasteiger partial charge in [-0.15, -0.1) is 0 Å². The predicted molar refractivity (Wildman–Crippen MR) is 53.1 cm³/mol. The summed E-state index contributed by atoms with van der Waals surface area (Å²) in [5, 5.41) is 11.0. The van der Waals surface area contributed by atoms with Crippen molar-refractivity contribution < 1.29 is 9.84 Å². The molecule has 0 spiro atoms. The lowest BCUT2D eigenvalue weighted by Crippen LogP contribution is -1.81. The summed E-state index contributed by atoms with van der Waals surface area (Å²) in [5.74, 6) is 1.26. The Labute approximate surface area is 82.4 Å². The molecule has 2 heteroatoms. The molecule has 0 saturated carbocycles. The van der Waals surface area contributed by atoms with Crippen LogP contribution >= 0.6 is 0 Å². The molecule has 0 amide bonds. The average molecular weight is 185 g/mol. The van der Waals surface area contributed by atoms with E-state index in [1.54, 1.807) is 12.1 Å². The molecule has 0 unspecified atom stereocenters. The van der Waals surface area contributed by atoms with Gasteiger partial charge >= 0.3 is 0 Å². The second-order valence-corrected chi connectivity index (χ2v) is 2.89. The molecular weight excluding hydrogens is 176 g/mol. The van der Waals surface area contributed by atoms with Crippen molar-refractivity contribution in [2.75, 3.05) is 0 Å². The molecule has 69 valence electrons. The number of hydrogen-bond donors (Lipinski definition) is 0. The Morgan fingerprint density at radius 1 is 0.786 bits per heavy atom. The minimum Gasteiger partial charge on any atom is -0.457 e. The molecule has 0 fully saturated rings. The Morgan fingerprint density at radius 3 is 2.21 bits per heavy atom. The molecule has 14 heavy (non-hydrogen) atoms. The highest BCUT2D eigenvalue weighted by atomic mass is 16.5. The standard InChI is InChI=1S/C12H9O2/c13-10-5-4-8-12(9-10)14-11-6-2-1-3-7-11/h1-9H. The highest BCUT2D eigenvalue weighted by Gasteiger charge is 1.97. The second kappa shape index (κ2) is 3.83. The molecule has 0 aromatic heterocycles. The maximum Gasteiger partial charge on any atom is 0.182 e. The summed E-state index contributed by atoms with van der Waals surface area (Å²) in [6, 6.07) is 15.8. The Morgan fingerprint density at radius 2 is 1.50 bits per heavy atom. The van der Waals surface area contributed by atoms with Gasteiger partial charge in [-0.05, 0) is 24.3 Å². The molecule has 0 aliphatic carbocycles. The van der Waals surface area contributed by atoms with Crippen molar-refractivity contribution >= 4 is 0 Å². The van der Waals surface area contributed by atoms with E-state index in [9.17, 15) is 5.11 Å². The summed E-state index contributed by atoms with van der Waals surface area (Å²) in [6.45, 7) is 0. The SMILES string of the molecule is [O]c1cccc(Oc2ccccc2)c1. The van der Waals surface area contributed by atoms with Crippen LogP contribution in [0.5, 0.6) is 17.2 Å². The summed E-state index contributed by atoms with van der Waals surface area (Å²) in [6.07, 6.45) is 0.